The summed E-state index contributed by atoms with van der Waals surface area (Å²) in [4.78, 5) is 0. The van der Waals surface area contributed by atoms with Gasteiger partial charge in [0.1, 0.15) is 11.5 Å². The molecule has 17 heavy (non-hydrogen) atoms. The fourth-order valence-electron chi connectivity index (χ4n) is 1.15. The molecule has 0 atom stereocenters. The maximum atomic E-state index is 8.28. The summed E-state index contributed by atoms with van der Waals surface area (Å²) in [6, 6.07) is 19.4. The van der Waals surface area contributed by atoms with Crippen molar-refractivity contribution in [2.45, 2.75) is 12.8 Å². The van der Waals surface area contributed by atoms with Crippen LogP contribution in [-0.4, -0.2) is 0 Å². The molecule has 3 nitrogen and oxygen atoms in total. The summed E-state index contributed by atoms with van der Waals surface area (Å²) in [5.41, 5.74) is 0. The fraction of sp³-hybridized carbons (Fsp3) is 0.143. The van der Waals surface area contributed by atoms with Gasteiger partial charge in [0.25, 0.3) is 0 Å². The van der Waals surface area contributed by atoms with Gasteiger partial charge in [-0.1, -0.05) is 36.4 Å². The molecule has 84 valence electrons. The van der Waals surface area contributed by atoms with Crippen molar-refractivity contribution >= 4 is 0 Å². The van der Waals surface area contributed by atoms with Gasteiger partial charge in [-0.3, -0.25) is 0 Å². The van der Waals surface area contributed by atoms with E-state index in [0.717, 1.165) is 0 Å². The highest BCUT2D eigenvalue weighted by Crippen LogP contribution is 2.07. The molecule has 0 saturated carbocycles. The first-order valence-corrected chi connectivity index (χ1v) is 5.18. The van der Waals surface area contributed by atoms with Crippen molar-refractivity contribution < 1.29 is 4.42 Å². The third-order valence-corrected chi connectivity index (χ3v) is 1.89. The molecule has 0 amide bonds. The van der Waals surface area contributed by atoms with Crippen LogP contribution in [0, 0.1) is 22.7 Å². The smallest absolute Gasteiger partial charge is 0.118 e. The number of benzene rings is 1. The lowest BCUT2D eigenvalue weighted by atomic mass is 10.3. The number of furan rings is 1. The first kappa shape index (κ1) is 12.5. The lowest BCUT2D eigenvalue weighted by molar-refractivity contribution is 0.487. The summed E-state index contributed by atoms with van der Waals surface area (Å²) in [6.45, 7) is 0. The summed E-state index contributed by atoms with van der Waals surface area (Å²) in [6.07, 6.45) is 0.539. The Morgan fingerprint density at radius 3 is 1.41 bits per heavy atom. The van der Waals surface area contributed by atoms with E-state index in [9.17, 15) is 0 Å². The lowest BCUT2D eigenvalue weighted by Crippen LogP contribution is -1.75. The van der Waals surface area contributed by atoms with E-state index in [-0.39, 0.29) is 12.8 Å². The molecule has 1 heterocycles. The molecule has 0 spiro atoms. The van der Waals surface area contributed by atoms with E-state index in [1.165, 1.54) is 0 Å². The maximum Gasteiger partial charge on any atom is 0.118 e. The third kappa shape index (κ3) is 5.20. The number of hydrogen-bond donors (Lipinski definition) is 0. The summed E-state index contributed by atoms with van der Waals surface area (Å²) >= 11 is 0. The van der Waals surface area contributed by atoms with Gasteiger partial charge in [-0.25, -0.2) is 0 Å². The van der Waals surface area contributed by atoms with Crippen molar-refractivity contribution in [3.63, 3.8) is 0 Å². The van der Waals surface area contributed by atoms with Gasteiger partial charge >= 0.3 is 0 Å². The molecular weight excluding hydrogens is 212 g/mol. The minimum Gasteiger partial charge on any atom is -0.464 e. The number of rotatable bonds is 2. The molecule has 1 aromatic carbocycles. The molecule has 0 N–H and O–H groups in total. The van der Waals surface area contributed by atoms with Crippen LogP contribution in [0.4, 0.5) is 0 Å². The monoisotopic (exact) mass is 224 g/mol. The summed E-state index contributed by atoms with van der Waals surface area (Å²) < 4.78 is 5.12. The van der Waals surface area contributed by atoms with Crippen LogP contribution < -0.4 is 0 Å². The minimum absolute atomic E-state index is 0.269. The topological polar surface area (TPSA) is 60.7 Å². The van der Waals surface area contributed by atoms with E-state index in [2.05, 4.69) is 0 Å². The van der Waals surface area contributed by atoms with Crippen LogP contribution >= 0.6 is 0 Å². The van der Waals surface area contributed by atoms with Gasteiger partial charge in [-0.15, -0.1) is 0 Å². The van der Waals surface area contributed by atoms with Gasteiger partial charge in [-0.05, 0) is 12.1 Å². The molecule has 0 aliphatic rings. The van der Waals surface area contributed by atoms with Gasteiger partial charge in [0.2, 0.25) is 0 Å². The molecule has 0 bridgehead atoms. The Morgan fingerprint density at radius 1 is 0.765 bits per heavy atom. The van der Waals surface area contributed by atoms with Gasteiger partial charge in [0.05, 0.1) is 25.0 Å². The summed E-state index contributed by atoms with van der Waals surface area (Å²) in [5.74, 6) is 1.25. The Balaban J connectivity index is 0.000000202. The highest BCUT2D eigenvalue weighted by atomic mass is 16.3. The third-order valence-electron chi connectivity index (χ3n) is 1.89. The van der Waals surface area contributed by atoms with Crippen LogP contribution in [0.2, 0.25) is 0 Å². The van der Waals surface area contributed by atoms with Crippen LogP contribution in [0.3, 0.4) is 0 Å². The second-order valence-electron chi connectivity index (χ2n) is 3.19. The zero-order valence-electron chi connectivity index (χ0n) is 9.34. The van der Waals surface area contributed by atoms with Crippen LogP contribution in [0.15, 0.2) is 52.9 Å². The number of hydrogen-bond acceptors (Lipinski definition) is 3. The predicted molar refractivity (Wildman–Crippen MR) is 63.8 cm³/mol. The fourth-order valence-corrected chi connectivity index (χ4v) is 1.15. The average Bonchev–Trinajstić information content (AvgIpc) is 2.81. The molecule has 2 rings (SSSR count). The van der Waals surface area contributed by atoms with Crippen molar-refractivity contribution in [2.75, 3.05) is 0 Å². The molecule has 0 aliphatic carbocycles. The zero-order valence-corrected chi connectivity index (χ0v) is 9.34. The Bertz CT molecular complexity index is 446. The average molecular weight is 224 g/mol. The molecule has 0 saturated heterocycles. The molecular formula is C14H12N2O. The van der Waals surface area contributed by atoms with Crippen LogP contribution in [-0.2, 0) is 12.8 Å². The quantitative estimate of drug-likeness (QED) is 0.787. The molecule has 0 fully saturated rings. The van der Waals surface area contributed by atoms with Crippen molar-refractivity contribution in [3.05, 3.63) is 60.1 Å². The molecule has 2 aromatic rings. The Kier molecular flexibility index (Phi) is 5.71. The maximum absolute atomic E-state index is 8.28. The van der Waals surface area contributed by atoms with Crippen LogP contribution in [0.1, 0.15) is 11.5 Å². The van der Waals surface area contributed by atoms with Crippen molar-refractivity contribution in [3.8, 4) is 12.1 Å². The standard InChI is InChI=1S/C8H6N2O.C6H6/c9-5-3-7-1-2-8(11-7)4-6-10;1-2-4-6-5-3-1/h1-2H,3-4H2;1-6H. The first-order valence-electron chi connectivity index (χ1n) is 5.18. The van der Waals surface area contributed by atoms with E-state index in [1.807, 2.05) is 48.5 Å². The molecule has 0 unspecified atom stereocenters. The Morgan fingerprint density at radius 2 is 1.12 bits per heavy atom. The van der Waals surface area contributed by atoms with Gasteiger partial charge in [-0.2, -0.15) is 10.5 Å². The molecule has 0 aliphatic heterocycles. The van der Waals surface area contributed by atoms with Gasteiger partial charge in [0, 0.05) is 0 Å². The largest absolute Gasteiger partial charge is 0.464 e. The second-order valence-corrected chi connectivity index (χ2v) is 3.19. The second kappa shape index (κ2) is 7.73. The Hall–Kier alpha value is -2.52. The van der Waals surface area contributed by atoms with Crippen LogP contribution in [0.5, 0.6) is 0 Å². The highest BCUT2D eigenvalue weighted by molar-refractivity contribution is 5.12. The predicted octanol–water partition coefficient (Wildman–Crippen LogP) is 3.10. The first-order chi connectivity index (χ1) is 8.36. The van der Waals surface area contributed by atoms with Crippen molar-refractivity contribution in [1.29, 1.82) is 10.5 Å². The SMILES string of the molecule is N#CCc1ccc(CC#N)o1.c1ccccc1. The van der Waals surface area contributed by atoms with E-state index in [4.69, 9.17) is 14.9 Å². The van der Waals surface area contributed by atoms with Crippen molar-refractivity contribution in [2.24, 2.45) is 0 Å². The van der Waals surface area contributed by atoms with Gasteiger partial charge in [0.15, 0.2) is 0 Å². The summed E-state index contributed by atoms with van der Waals surface area (Å²) in [7, 11) is 0. The Labute approximate surface area is 101 Å². The lowest BCUT2D eigenvalue weighted by Gasteiger charge is -1.84. The van der Waals surface area contributed by atoms with E-state index in [0.29, 0.717) is 11.5 Å². The zero-order chi connectivity index (χ0) is 12.3. The van der Waals surface area contributed by atoms with E-state index >= 15 is 0 Å². The normalized spacial score (nSPS) is 8.35. The summed E-state index contributed by atoms with van der Waals surface area (Å²) in [5, 5.41) is 16.6. The van der Waals surface area contributed by atoms with E-state index in [1.54, 1.807) is 12.1 Å². The minimum atomic E-state index is 0.269. The molecule has 1 aromatic heterocycles. The number of nitrogens with zero attached hydrogens (tertiary/aromatic N) is 2. The molecule has 0 radical (unpaired) electrons. The van der Waals surface area contributed by atoms with E-state index < -0.39 is 0 Å². The molecule has 3 heteroatoms. The number of nitriles is 2. The van der Waals surface area contributed by atoms with Crippen molar-refractivity contribution in [1.82, 2.24) is 0 Å². The van der Waals surface area contributed by atoms with Crippen LogP contribution in [0.25, 0.3) is 0 Å². The van der Waals surface area contributed by atoms with Gasteiger partial charge < -0.3 is 4.42 Å². The highest BCUT2D eigenvalue weighted by Gasteiger charge is 1.99.